The largest absolute Gasteiger partial charge is 0.493 e. The Bertz CT molecular complexity index is 733. The molecule has 26 heavy (non-hydrogen) atoms. The number of rotatable bonds is 5. The van der Waals surface area contributed by atoms with Gasteiger partial charge in [-0.2, -0.15) is 5.10 Å². The SMILES string of the molecule is COc1cccc(NC(=O)N2CCC(Oc3cccnn3)CC2)c1OC. The molecule has 2 amide bonds. The first-order valence-electron chi connectivity index (χ1n) is 8.42. The lowest BCUT2D eigenvalue weighted by molar-refractivity contribution is 0.110. The van der Waals surface area contributed by atoms with E-state index < -0.39 is 0 Å². The number of methoxy groups -OCH3 is 2. The summed E-state index contributed by atoms with van der Waals surface area (Å²) in [5.41, 5.74) is 0.579. The van der Waals surface area contributed by atoms with Crippen LogP contribution in [0.1, 0.15) is 12.8 Å². The summed E-state index contributed by atoms with van der Waals surface area (Å²) in [5, 5.41) is 10.6. The molecule has 1 fully saturated rings. The third kappa shape index (κ3) is 4.14. The second-order valence-electron chi connectivity index (χ2n) is 5.84. The Hall–Kier alpha value is -3.03. The highest BCUT2D eigenvalue weighted by Gasteiger charge is 2.25. The van der Waals surface area contributed by atoms with Gasteiger partial charge in [-0.15, -0.1) is 5.10 Å². The quantitative estimate of drug-likeness (QED) is 0.884. The fraction of sp³-hybridized carbons (Fsp3) is 0.389. The fourth-order valence-corrected chi connectivity index (χ4v) is 2.88. The minimum atomic E-state index is -0.172. The van der Waals surface area contributed by atoms with Gasteiger partial charge in [0.25, 0.3) is 0 Å². The van der Waals surface area contributed by atoms with Crippen molar-refractivity contribution in [1.29, 1.82) is 0 Å². The zero-order valence-electron chi connectivity index (χ0n) is 14.8. The van der Waals surface area contributed by atoms with Crippen LogP contribution in [0.25, 0.3) is 0 Å². The molecule has 1 aliphatic rings. The molecule has 0 aliphatic carbocycles. The van der Waals surface area contributed by atoms with E-state index in [0.717, 1.165) is 12.8 Å². The van der Waals surface area contributed by atoms with E-state index in [0.29, 0.717) is 36.2 Å². The standard InChI is InChI=1S/C18H22N4O4/c1-24-15-6-3-5-14(17(15)25-2)20-18(23)22-11-8-13(9-12-22)26-16-7-4-10-19-21-16/h3-7,10,13H,8-9,11-12H2,1-2H3,(H,20,23). The van der Waals surface area contributed by atoms with Gasteiger partial charge in [-0.3, -0.25) is 0 Å². The first-order valence-corrected chi connectivity index (χ1v) is 8.42. The van der Waals surface area contributed by atoms with Gasteiger partial charge >= 0.3 is 6.03 Å². The number of aromatic nitrogens is 2. The Balaban J connectivity index is 1.56. The Kier molecular flexibility index (Phi) is 5.73. The van der Waals surface area contributed by atoms with Crippen LogP contribution >= 0.6 is 0 Å². The molecule has 1 aromatic carbocycles. The number of anilines is 1. The van der Waals surface area contributed by atoms with Crippen molar-refractivity contribution < 1.29 is 19.0 Å². The second kappa shape index (κ2) is 8.37. The molecule has 138 valence electrons. The Morgan fingerprint density at radius 2 is 1.96 bits per heavy atom. The average molecular weight is 358 g/mol. The molecule has 1 aromatic heterocycles. The molecule has 1 saturated heterocycles. The van der Waals surface area contributed by atoms with Crippen molar-refractivity contribution in [3.8, 4) is 17.4 Å². The zero-order valence-corrected chi connectivity index (χ0v) is 14.8. The highest BCUT2D eigenvalue weighted by Crippen LogP contribution is 2.34. The second-order valence-corrected chi connectivity index (χ2v) is 5.84. The third-order valence-corrected chi connectivity index (χ3v) is 4.21. The van der Waals surface area contributed by atoms with Crippen LogP contribution in [0.4, 0.5) is 10.5 Å². The van der Waals surface area contributed by atoms with E-state index in [1.54, 1.807) is 55.6 Å². The number of benzene rings is 1. The molecular weight excluding hydrogens is 336 g/mol. The number of likely N-dealkylation sites (tertiary alicyclic amines) is 1. The monoisotopic (exact) mass is 358 g/mol. The topological polar surface area (TPSA) is 85.8 Å². The van der Waals surface area contributed by atoms with Crippen LogP contribution in [0, 0.1) is 0 Å². The molecule has 0 spiro atoms. The van der Waals surface area contributed by atoms with E-state index in [1.807, 2.05) is 0 Å². The summed E-state index contributed by atoms with van der Waals surface area (Å²) in [5.74, 6) is 1.59. The van der Waals surface area contributed by atoms with Crippen molar-refractivity contribution in [3.05, 3.63) is 36.5 Å². The molecule has 1 aliphatic heterocycles. The third-order valence-electron chi connectivity index (χ3n) is 4.21. The molecule has 1 N–H and O–H groups in total. The van der Waals surface area contributed by atoms with E-state index in [1.165, 1.54) is 0 Å². The van der Waals surface area contributed by atoms with Crippen molar-refractivity contribution in [2.75, 3.05) is 32.6 Å². The van der Waals surface area contributed by atoms with Crippen LogP contribution in [0.3, 0.4) is 0 Å². The van der Waals surface area contributed by atoms with Gasteiger partial charge in [-0.25, -0.2) is 4.79 Å². The van der Waals surface area contributed by atoms with Gasteiger partial charge in [0.1, 0.15) is 6.10 Å². The first-order chi connectivity index (χ1) is 12.7. The number of hydrogen-bond acceptors (Lipinski definition) is 6. The summed E-state index contributed by atoms with van der Waals surface area (Å²) in [4.78, 5) is 14.3. The Morgan fingerprint density at radius 1 is 1.15 bits per heavy atom. The lowest BCUT2D eigenvalue weighted by Crippen LogP contribution is -2.43. The molecular formula is C18H22N4O4. The van der Waals surface area contributed by atoms with Crippen molar-refractivity contribution in [1.82, 2.24) is 15.1 Å². The smallest absolute Gasteiger partial charge is 0.321 e. The van der Waals surface area contributed by atoms with Crippen LogP contribution < -0.4 is 19.5 Å². The molecule has 0 bridgehead atoms. The predicted octanol–water partition coefficient (Wildman–Crippen LogP) is 2.57. The number of nitrogens with zero attached hydrogens (tertiary/aromatic N) is 3. The normalized spacial score (nSPS) is 14.6. The lowest BCUT2D eigenvalue weighted by atomic mass is 10.1. The maximum absolute atomic E-state index is 12.6. The highest BCUT2D eigenvalue weighted by atomic mass is 16.5. The maximum atomic E-state index is 12.6. The summed E-state index contributed by atoms with van der Waals surface area (Å²) in [7, 11) is 3.11. The molecule has 0 atom stereocenters. The Labute approximate surface area is 152 Å². The van der Waals surface area contributed by atoms with E-state index in [-0.39, 0.29) is 12.1 Å². The van der Waals surface area contributed by atoms with Gasteiger partial charge in [0.15, 0.2) is 11.5 Å². The number of hydrogen-bond donors (Lipinski definition) is 1. The summed E-state index contributed by atoms with van der Waals surface area (Å²) in [6.07, 6.45) is 3.10. The summed E-state index contributed by atoms with van der Waals surface area (Å²) in [6, 6.07) is 8.76. The van der Waals surface area contributed by atoms with Crippen LogP contribution in [0.15, 0.2) is 36.5 Å². The fourth-order valence-electron chi connectivity index (χ4n) is 2.88. The number of nitrogens with one attached hydrogen (secondary N) is 1. The van der Waals surface area contributed by atoms with Crippen molar-refractivity contribution in [2.24, 2.45) is 0 Å². The van der Waals surface area contributed by atoms with Crippen molar-refractivity contribution >= 4 is 11.7 Å². The number of carbonyl (C=O) groups excluding carboxylic acids is 1. The number of para-hydroxylation sites is 1. The maximum Gasteiger partial charge on any atom is 0.321 e. The van der Waals surface area contributed by atoms with Crippen LogP contribution in [0.5, 0.6) is 17.4 Å². The summed E-state index contributed by atoms with van der Waals surface area (Å²) < 4.78 is 16.4. The van der Waals surface area contributed by atoms with Crippen LogP contribution in [-0.4, -0.2) is 54.5 Å². The van der Waals surface area contributed by atoms with Crippen LogP contribution in [-0.2, 0) is 0 Å². The molecule has 2 heterocycles. The number of urea groups is 1. The van der Waals surface area contributed by atoms with Gasteiger partial charge in [-0.1, -0.05) is 6.07 Å². The highest BCUT2D eigenvalue weighted by molar-refractivity contribution is 5.91. The van der Waals surface area contributed by atoms with Gasteiger partial charge in [0.2, 0.25) is 5.88 Å². The molecule has 8 heteroatoms. The van der Waals surface area contributed by atoms with Crippen LogP contribution in [0.2, 0.25) is 0 Å². The summed E-state index contributed by atoms with van der Waals surface area (Å²) in [6.45, 7) is 1.20. The molecule has 3 rings (SSSR count). The summed E-state index contributed by atoms with van der Waals surface area (Å²) >= 11 is 0. The minimum Gasteiger partial charge on any atom is -0.493 e. The number of ether oxygens (including phenoxy) is 3. The zero-order chi connectivity index (χ0) is 18.4. The number of piperidine rings is 1. The van der Waals surface area contributed by atoms with E-state index >= 15 is 0 Å². The first kappa shape index (κ1) is 17.8. The number of amides is 2. The van der Waals surface area contributed by atoms with E-state index in [2.05, 4.69) is 15.5 Å². The molecule has 0 unspecified atom stereocenters. The predicted molar refractivity (Wildman–Crippen MR) is 95.8 cm³/mol. The van der Waals surface area contributed by atoms with Gasteiger partial charge in [0.05, 0.1) is 19.9 Å². The van der Waals surface area contributed by atoms with E-state index in [4.69, 9.17) is 14.2 Å². The lowest BCUT2D eigenvalue weighted by Gasteiger charge is -2.32. The molecule has 0 radical (unpaired) electrons. The molecule has 8 nitrogen and oxygen atoms in total. The number of carbonyl (C=O) groups is 1. The Morgan fingerprint density at radius 3 is 2.62 bits per heavy atom. The average Bonchev–Trinajstić information content (AvgIpc) is 2.69. The minimum absolute atomic E-state index is 0.0297. The molecule has 2 aromatic rings. The molecule has 0 saturated carbocycles. The van der Waals surface area contributed by atoms with E-state index in [9.17, 15) is 4.79 Å². The van der Waals surface area contributed by atoms with Gasteiger partial charge in [0, 0.05) is 38.2 Å². The van der Waals surface area contributed by atoms with Gasteiger partial charge in [-0.05, 0) is 18.2 Å². The van der Waals surface area contributed by atoms with Gasteiger partial charge < -0.3 is 24.4 Å². The van der Waals surface area contributed by atoms with Crippen molar-refractivity contribution in [3.63, 3.8) is 0 Å². The van der Waals surface area contributed by atoms with Crippen molar-refractivity contribution in [2.45, 2.75) is 18.9 Å².